The molecule has 0 spiro atoms. The third-order valence-corrected chi connectivity index (χ3v) is 3.06. The van der Waals surface area contributed by atoms with Crippen molar-refractivity contribution in [3.63, 3.8) is 0 Å². The molecule has 1 aromatic heterocycles. The van der Waals surface area contributed by atoms with E-state index in [1.807, 2.05) is 6.92 Å². The molecule has 2 aromatic rings. The topological polar surface area (TPSA) is 117 Å². The molecule has 21 heavy (non-hydrogen) atoms. The van der Waals surface area contributed by atoms with Crippen LogP contribution in [0.4, 0.5) is 5.69 Å². The molecule has 0 fully saturated rings. The first kappa shape index (κ1) is 14.9. The number of nitro benzene ring substituents is 1. The van der Waals surface area contributed by atoms with Gasteiger partial charge in [0.05, 0.1) is 23.7 Å². The highest BCUT2D eigenvalue weighted by molar-refractivity contribution is 5.65. The maximum absolute atomic E-state index is 10.8. The van der Waals surface area contributed by atoms with E-state index in [4.69, 9.17) is 15.0 Å². The zero-order chi connectivity index (χ0) is 15.4. The molecule has 0 saturated heterocycles. The van der Waals surface area contributed by atoms with Crippen LogP contribution >= 0.6 is 0 Å². The molecule has 0 aliphatic rings. The van der Waals surface area contributed by atoms with Gasteiger partial charge in [0.25, 0.3) is 11.6 Å². The van der Waals surface area contributed by atoms with Gasteiger partial charge in [-0.15, -0.1) is 0 Å². The number of ether oxygens (including phenoxy) is 1. The standard InChI is InChI=1S/C13H16N4O4/c1-3-8(14)6-12-15-13(21-16-12)10-5-4-9(17(18)19)7-11(10)20-2/h4-5,7-8H,3,6,14H2,1-2H3. The summed E-state index contributed by atoms with van der Waals surface area (Å²) >= 11 is 0. The molecule has 2 N–H and O–H groups in total. The first-order chi connectivity index (χ1) is 10.0. The van der Waals surface area contributed by atoms with Crippen LogP contribution in [0.5, 0.6) is 5.75 Å². The summed E-state index contributed by atoms with van der Waals surface area (Å²) in [4.78, 5) is 14.5. The smallest absolute Gasteiger partial charge is 0.273 e. The molecule has 8 heteroatoms. The van der Waals surface area contributed by atoms with Gasteiger partial charge in [0.2, 0.25) is 0 Å². The van der Waals surface area contributed by atoms with Crippen molar-refractivity contribution in [3.8, 4) is 17.2 Å². The fraction of sp³-hybridized carbons (Fsp3) is 0.385. The lowest BCUT2D eigenvalue weighted by molar-refractivity contribution is -0.384. The van der Waals surface area contributed by atoms with Gasteiger partial charge in [0.15, 0.2) is 5.82 Å². The zero-order valence-electron chi connectivity index (χ0n) is 11.8. The number of nitrogens with zero attached hydrogens (tertiary/aromatic N) is 3. The number of non-ortho nitro benzene ring substituents is 1. The quantitative estimate of drug-likeness (QED) is 0.638. The second-order valence-corrected chi connectivity index (χ2v) is 4.53. The van der Waals surface area contributed by atoms with Crippen LogP contribution in [-0.4, -0.2) is 28.2 Å². The number of methoxy groups -OCH3 is 1. The van der Waals surface area contributed by atoms with Crippen molar-refractivity contribution in [3.05, 3.63) is 34.1 Å². The lowest BCUT2D eigenvalue weighted by atomic mass is 10.1. The van der Waals surface area contributed by atoms with E-state index < -0.39 is 4.92 Å². The molecule has 1 heterocycles. The Hall–Kier alpha value is -2.48. The van der Waals surface area contributed by atoms with Gasteiger partial charge in [-0.25, -0.2) is 0 Å². The Bertz CT molecular complexity index is 641. The molecular formula is C13H16N4O4. The van der Waals surface area contributed by atoms with Gasteiger partial charge < -0.3 is 15.0 Å². The highest BCUT2D eigenvalue weighted by Crippen LogP contribution is 2.32. The van der Waals surface area contributed by atoms with E-state index in [-0.39, 0.29) is 17.6 Å². The number of rotatable bonds is 6. The minimum atomic E-state index is -0.494. The second kappa shape index (κ2) is 6.31. The molecule has 2 rings (SSSR count). The Morgan fingerprint density at radius 2 is 2.29 bits per heavy atom. The molecule has 1 unspecified atom stereocenters. The fourth-order valence-corrected chi connectivity index (χ4v) is 1.80. The number of nitrogens with two attached hydrogens (primary N) is 1. The van der Waals surface area contributed by atoms with Gasteiger partial charge in [0, 0.05) is 18.5 Å². The summed E-state index contributed by atoms with van der Waals surface area (Å²) < 4.78 is 10.3. The molecule has 1 aromatic carbocycles. The van der Waals surface area contributed by atoms with E-state index in [1.54, 1.807) is 0 Å². The number of hydrogen-bond donors (Lipinski definition) is 1. The molecule has 8 nitrogen and oxygen atoms in total. The molecule has 0 aliphatic carbocycles. The van der Waals surface area contributed by atoms with Crippen LogP contribution in [0.15, 0.2) is 22.7 Å². The van der Waals surface area contributed by atoms with Gasteiger partial charge in [-0.3, -0.25) is 10.1 Å². The number of hydrogen-bond acceptors (Lipinski definition) is 7. The van der Waals surface area contributed by atoms with E-state index >= 15 is 0 Å². The molecule has 0 amide bonds. The van der Waals surface area contributed by atoms with Crippen molar-refractivity contribution in [2.45, 2.75) is 25.8 Å². The summed E-state index contributed by atoms with van der Waals surface area (Å²) in [6.45, 7) is 1.98. The van der Waals surface area contributed by atoms with Crippen LogP contribution in [0.1, 0.15) is 19.2 Å². The number of aromatic nitrogens is 2. The average molecular weight is 292 g/mol. The Kier molecular flexibility index (Phi) is 4.49. The maximum Gasteiger partial charge on any atom is 0.273 e. The van der Waals surface area contributed by atoms with Crippen molar-refractivity contribution in [2.24, 2.45) is 5.73 Å². The predicted molar refractivity (Wildman–Crippen MR) is 74.9 cm³/mol. The lowest BCUT2D eigenvalue weighted by Crippen LogP contribution is -2.21. The molecule has 112 valence electrons. The predicted octanol–water partition coefficient (Wildman–Crippen LogP) is 1.93. The summed E-state index contributed by atoms with van der Waals surface area (Å²) in [5.41, 5.74) is 6.28. The van der Waals surface area contributed by atoms with Gasteiger partial charge in [-0.05, 0) is 12.5 Å². The van der Waals surface area contributed by atoms with Crippen LogP contribution in [0.25, 0.3) is 11.5 Å². The Morgan fingerprint density at radius 1 is 1.52 bits per heavy atom. The van der Waals surface area contributed by atoms with E-state index in [1.165, 1.54) is 25.3 Å². The second-order valence-electron chi connectivity index (χ2n) is 4.53. The normalized spacial score (nSPS) is 12.1. The highest BCUT2D eigenvalue weighted by atomic mass is 16.6. The lowest BCUT2D eigenvalue weighted by Gasteiger charge is -2.04. The molecule has 0 saturated carbocycles. The summed E-state index contributed by atoms with van der Waals surface area (Å²) in [6, 6.07) is 4.17. The first-order valence-electron chi connectivity index (χ1n) is 6.46. The van der Waals surface area contributed by atoms with Crippen molar-refractivity contribution in [1.82, 2.24) is 10.1 Å². The van der Waals surface area contributed by atoms with Gasteiger partial charge in [-0.2, -0.15) is 4.98 Å². The van der Waals surface area contributed by atoms with Crippen LogP contribution < -0.4 is 10.5 Å². The van der Waals surface area contributed by atoms with Crippen molar-refractivity contribution >= 4 is 5.69 Å². The van der Waals surface area contributed by atoms with Crippen LogP contribution in [0, 0.1) is 10.1 Å². The molecule has 0 bridgehead atoms. The molecular weight excluding hydrogens is 276 g/mol. The third-order valence-electron chi connectivity index (χ3n) is 3.06. The van der Waals surface area contributed by atoms with Crippen molar-refractivity contribution < 1.29 is 14.2 Å². The summed E-state index contributed by atoms with van der Waals surface area (Å²) in [5, 5.41) is 14.6. The Labute approximate surface area is 121 Å². The minimum absolute atomic E-state index is 0.0331. The molecule has 0 radical (unpaired) electrons. The summed E-state index contributed by atoms with van der Waals surface area (Å²) in [6.07, 6.45) is 1.32. The Morgan fingerprint density at radius 3 is 2.90 bits per heavy atom. The monoisotopic (exact) mass is 292 g/mol. The van der Waals surface area contributed by atoms with Crippen LogP contribution in [-0.2, 0) is 6.42 Å². The summed E-state index contributed by atoms with van der Waals surface area (Å²) in [5.74, 6) is 1.05. The first-order valence-corrected chi connectivity index (χ1v) is 6.46. The summed E-state index contributed by atoms with van der Waals surface area (Å²) in [7, 11) is 1.42. The molecule has 1 atom stereocenters. The third kappa shape index (κ3) is 3.34. The Balaban J connectivity index is 2.31. The number of nitro groups is 1. The minimum Gasteiger partial charge on any atom is -0.496 e. The average Bonchev–Trinajstić information content (AvgIpc) is 2.94. The van der Waals surface area contributed by atoms with E-state index in [9.17, 15) is 10.1 Å². The zero-order valence-corrected chi connectivity index (χ0v) is 11.8. The van der Waals surface area contributed by atoms with Gasteiger partial charge in [-0.1, -0.05) is 12.1 Å². The van der Waals surface area contributed by atoms with Crippen molar-refractivity contribution in [2.75, 3.05) is 7.11 Å². The van der Waals surface area contributed by atoms with E-state index in [2.05, 4.69) is 10.1 Å². The van der Waals surface area contributed by atoms with E-state index in [0.29, 0.717) is 23.6 Å². The molecule has 0 aliphatic heterocycles. The highest BCUT2D eigenvalue weighted by Gasteiger charge is 2.18. The van der Waals surface area contributed by atoms with Crippen molar-refractivity contribution in [1.29, 1.82) is 0 Å². The van der Waals surface area contributed by atoms with Gasteiger partial charge in [0.1, 0.15) is 5.75 Å². The van der Waals surface area contributed by atoms with Crippen LogP contribution in [0.3, 0.4) is 0 Å². The largest absolute Gasteiger partial charge is 0.496 e. The number of benzene rings is 1. The fourth-order valence-electron chi connectivity index (χ4n) is 1.80. The van der Waals surface area contributed by atoms with Crippen LogP contribution in [0.2, 0.25) is 0 Å². The van der Waals surface area contributed by atoms with Gasteiger partial charge >= 0.3 is 0 Å². The maximum atomic E-state index is 10.8. The SMILES string of the molecule is CCC(N)Cc1noc(-c2ccc([N+](=O)[O-])cc2OC)n1. The van der Waals surface area contributed by atoms with E-state index in [0.717, 1.165) is 6.42 Å².